The van der Waals surface area contributed by atoms with Crippen molar-refractivity contribution in [3.63, 3.8) is 0 Å². The highest BCUT2D eigenvalue weighted by molar-refractivity contribution is 5.83. The summed E-state index contributed by atoms with van der Waals surface area (Å²) < 4.78 is 0. The Morgan fingerprint density at radius 3 is 2.28 bits per heavy atom. The van der Waals surface area contributed by atoms with E-state index in [9.17, 15) is 25.2 Å². The topological polar surface area (TPSA) is 98.0 Å². The van der Waals surface area contributed by atoms with Crippen molar-refractivity contribution in [2.24, 2.45) is 52.3 Å². The molecule has 5 heteroatoms. The number of rotatable bonds is 5. The maximum Gasteiger partial charge on any atom is 0.136 e. The molecule has 4 aliphatic rings. The van der Waals surface area contributed by atoms with E-state index in [4.69, 9.17) is 0 Å². The Hall–Kier alpha value is -0.490. The fourth-order valence-corrected chi connectivity index (χ4v) is 9.21. The lowest BCUT2D eigenvalue weighted by Gasteiger charge is -2.60. The summed E-state index contributed by atoms with van der Waals surface area (Å²) in [6.07, 6.45) is 4.03. The van der Waals surface area contributed by atoms with Crippen molar-refractivity contribution in [3.8, 4) is 0 Å². The van der Waals surface area contributed by atoms with E-state index in [-0.39, 0.29) is 40.6 Å². The van der Waals surface area contributed by atoms with Gasteiger partial charge in [0.25, 0.3) is 0 Å². The van der Waals surface area contributed by atoms with Crippen LogP contribution in [0, 0.1) is 52.3 Å². The van der Waals surface area contributed by atoms with Crippen LogP contribution in [0.2, 0.25) is 0 Å². The van der Waals surface area contributed by atoms with Crippen molar-refractivity contribution in [2.75, 3.05) is 0 Å². The molecule has 4 aliphatic carbocycles. The van der Waals surface area contributed by atoms with Gasteiger partial charge in [0.1, 0.15) is 5.78 Å². The lowest BCUT2D eigenvalue weighted by molar-refractivity contribution is -0.160. The predicted octanol–water partition coefficient (Wildman–Crippen LogP) is 3.56. The smallest absolute Gasteiger partial charge is 0.136 e. The number of hydrogen-bond acceptors (Lipinski definition) is 5. The lowest BCUT2D eigenvalue weighted by atomic mass is 9.44. The first-order chi connectivity index (χ1) is 14.9. The predicted molar refractivity (Wildman–Crippen MR) is 124 cm³/mol. The Morgan fingerprint density at radius 2 is 1.62 bits per heavy atom. The summed E-state index contributed by atoms with van der Waals surface area (Å²) in [7, 11) is 0. The van der Waals surface area contributed by atoms with E-state index >= 15 is 0 Å². The zero-order chi connectivity index (χ0) is 23.6. The summed E-state index contributed by atoms with van der Waals surface area (Å²) >= 11 is 0. The van der Waals surface area contributed by atoms with Gasteiger partial charge in [0.05, 0.1) is 24.4 Å². The fraction of sp³-hybridized carbons (Fsp3) is 0.963. The van der Waals surface area contributed by atoms with Gasteiger partial charge in [-0.15, -0.1) is 0 Å². The molecule has 32 heavy (non-hydrogen) atoms. The molecule has 0 bridgehead atoms. The third-order valence-electron chi connectivity index (χ3n) is 10.8. The Labute approximate surface area is 194 Å². The molecule has 4 fully saturated rings. The van der Waals surface area contributed by atoms with Crippen LogP contribution in [0.4, 0.5) is 0 Å². The minimum atomic E-state index is -0.777. The van der Waals surface area contributed by atoms with Gasteiger partial charge in [-0.3, -0.25) is 4.79 Å². The number of aliphatic hydroxyl groups excluding tert-OH is 4. The first-order valence-corrected chi connectivity index (χ1v) is 13.1. The highest BCUT2D eigenvalue weighted by Gasteiger charge is 2.64. The van der Waals surface area contributed by atoms with Crippen LogP contribution in [0.25, 0.3) is 0 Å². The van der Waals surface area contributed by atoms with Gasteiger partial charge in [0, 0.05) is 12.3 Å². The van der Waals surface area contributed by atoms with E-state index in [1.54, 1.807) is 0 Å². The van der Waals surface area contributed by atoms with Crippen molar-refractivity contribution in [2.45, 2.75) is 110 Å². The maximum atomic E-state index is 13.3. The SMILES string of the molecule is CC(C)C(O)C(O)C[C@@H](C)[C@H]1[C@@H](O)C[C@H]2[C@@H]3CC(=O)C4C[C@@H](O)CC[C@]4(C)[C@H]3CC[C@]12C. The Morgan fingerprint density at radius 1 is 0.969 bits per heavy atom. The minimum Gasteiger partial charge on any atom is -0.393 e. The summed E-state index contributed by atoms with van der Waals surface area (Å²) in [5, 5.41) is 42.4. The van der Waals surface area contributed by atoms with Crippen LogP contribution in [-0.2, 0) is 4.79 Å². The average Bonchev–Trinajstić information content (AvgIpc) is 2.99. The van der Waals surface area contributed by atoms with Gasteiger partial charge < -0.3 is 20.4 Å². The largest absolute Gasteiger partial charge is 0.393 e. The molecule has 184 valence electrons. The number of carbonyl (C=O) groups is 1. The molecule has 0 radical (unpaired) electrons. The Balaban J connectivity index is 1.56. The van der Waals surface area contributed by atoms with Crippen LogP contribution in [-0.4, -0.2) is 50.6 Å². The molecule has 0 aromatic heterocycles. The van der Waals surface area contributed by atoms with Gasteiger partial charge >= 0.3 is 0 Å². The van der Waals surface area contributed by atoms with Crippen molar-refractivity contribution in [1.29, 1.82) is 0 Å². The molecule has 3 unspecified atom stereocenters. The Bertz CT molecular complexity index is 708. The van der Waals surface area contributed by atoms with Gasteiger partial charge in [0.15, 0.2) is 0 Å². The first-order valence-electron chi connectivity index (χ1n) is 13.1. The van der Waals surface area contributed by atoms with Crippen LogP contribution in [0.5, 0.6) is 0 Å². The molecular formula is C27H46O5. The van der Waals surface area contributed by atoms with Gasteiger partial charge in [-0.2, -0.15) is 0 Å². The molecule has 0 aromatic carbocycles. The third kappa shape index (κ3) is 3.79. The van der Waals surface area contributed by atoms with Gasteiger partial charge in [0.2, 0.25) is 0 Å². The van der Waals surface area contributed by atoms with E-state index in [1.165, 1.54) is 0 Å². The number of fused-ring (bicyclic) bond motifs is 5. The summed E-state index contributed by atoms with van der Waals surface area (Å²) in [6.45, 7) is 10.6. The van der Waals surface area contributed by atoms with Crippen molar-refractivity contribution >= 4 is 5.78 Å². The number of aliphatic hydroxyl groups is 4. The van der Waals surface area contributed by atoms with Crippen LogP contribution in [0.3, 0.4) is 0 Å². The monoisotopic (exact) mass is 450 g/mol. The van der Waals surface area contributed by atoms with E-state index < -0.39 is 18.3 Å². The van der Waals surface area contributed by atoms with Gasteiger partial charge in [-0.25, -0.2) is 0 Å². The third-order valence-corrected chi connectivity index (χ3v) is 10.8. The second kappa shape index (κ2) is 8.62. The molecular weight excluding hydrogens is 404 g/mol. The zero-order valence-corrected chi connectivity index (χ0v) is 20.7. The number of hydrogen-bond donors (Lipinski definition) is 4. The van der Waals surface area contributed by atoms with Gasteiger partial charge in [-0.05, 0) is 91.3 Å². The maximum absolute atomic E-state index is 13.3. The molecule has 0 heterocycles. The van der Waals surface area contributed by atoms with Gasteiger partial charge in [-0.1, -0.05) is 34.6 Å². The standard InChI is InChI=1S/C27H46O5/c1-14(2)25(32)23(31)10-15(3)24-22(30)13-19-17-12-21(29)20-11-16(28)6-8-26(20,4)18(17)7-9-27(19,24)5/h14-20,22-25,28,30-32H,6-13H2,1-5H3/t15-,16+,17-,18+,19+,20?,22+,23?,24+,25?,26-,27+/m1/s1. The molecule has 0 amide bonds. The summed E-state index contributed by atoms with van der Waals surface area (Å²) in [6, 6.07) is 0. The molecule has 4 rings (SSSR count). The quantitative estimate of drug-likeness (QED) is 0.513. The van der Waals surface area contributed by atoms with Crippen LogP contribution in [0.15, 0.2) is 0 Å². The molecule has 0 saturated heterocycles. The van der Waals surface area contributed by atoms with E-state index in [1.807, 2.05) is 13.8 Å². The molecule has 0 spiro atoms. The molecule has 5 nitrogen and oxygen atoms in total. The Kier molecular flexibility index (Phi) is 6.64. The second-order valence-corrected chi connectivity index (χ2v) is 12.9. The van der Waals surface area contributed by atoms with Crippen LogP contribution in [0.1, 0.15) is 86.0 Å². The molecule has 4 saturated carbocycles. The molecule has 12 atom stereocenters. The summed E-state index contributed by atoms with van der Waals surface area (Å²) in [5.41, 5.74) is -0.0626. The summed E-state index contributed by atoms with van der Waals surface area (Å²) in [4.78, 5) is 13.3. The molecule has 4 N–H and O–H groups in total. The highest BCUT2D eigenvalue weighted by Crippen LogP contribution is 2.67. The van der Waals surface area contributed by atoms with E-state index in [0.29, 0.717) is 42.8 Å². The normalized spacial score (nSPS) is 49.2. The fourth-order valence-electron chi connectivity index (χ4n) is 9.21. The van der Waals surface area contributed by atoms with E-state index in [2.05, 4.69) is 20.8 Å². The van der Waals surface area contributed by atoms with Crippen LogP contribution < -0.4 is 0 Å². The highest BCUT2D eigenvalue weighted by atomic mass is 16.3. The summed E-state index contributed by atoms with van der Waals surface area (Å²) in [5.74, 6) is 1.64. The zero-order valence-electron chi connectivity index (χ0n) is 20.7. The van der Waals surface area contributed by atoms with E-state index in [0.717, 1.165) is 32.1 Å². The molecule has 0 aliphatic heterocycles. The number of ketones is 1. The minimum absolute atomic E-state index is 0.000396. The number of carbonyl (C=O) groups excluding carboxylic acids is 1. The molecule has 0 aromatic rings. The van der Waals surface area contributed by atoms with Crippen molar-refractivity contribution < 1.29 is 25.2 Å². The number of Topliss-reactive ketones (excluding diaryl/α,β-unsaturated/α-hetero) is 1. The lowest BCUT2D eigenvalue weighted by Crippen LogP contribution is -2.57. The average molecular weight is 451 g/mol. The van der Waals surface area contributed by atoms with Crippen molar-refractivity contribution in [1.82, 2.24) is 0 Å². The van der Waals surface area contributed by atoms with Crippen LogP contribution >= 0.6 is 0 Å². The second-order valence-electron chi connectivity index (χ2n) is 12.9. The van der Waals surface area contributed by atoms with Crippen molar-refractivity contribution in [3.05, 3.63) is 0 Å². The first kappa shape index (κ1) is 24.6.